The van der Waals surface area contributed by atoms with Gasteiger partial charge in [-0.1, -0.05) is 32.0 Å². The van der Waals surface area contributed by atoms with E-state index in [9.17, 15) is 14.7 Å². The minimum absolute atomic E-state index is 0.0406. The molecule has 1 aliphatic rings. The van der Waals surface area contributed by atoms with Crippen LogP contribution in [0.5, 0.6) is 5.75 Å². The van der Waals surface area contributed by atoms with Crippen molar-refractivity contribution in [1.29, 1.82) is 0 Å². The van der Waals surface area contributed by atoms with Crippen LogP contribution in [0, 0.1) is 17.3 Å². The summed E-state index contributed by atoms with van der Waals surface area (Å²) in [6, 6.07) is 7.61. The van der Waals surface area contributed by atoms with Gasteiger partial charge in [-0.2, -0.15) is 0 Å². The molecule has 1 heterocycles. The normalized spacial score (nSPS) is 16.7. The molecule has 1 amide bonds. The number of nitrogens with one attached hydrogen (secondary N) is 1. The molecule has 1 fully saturated rings. The van der Waals surface area contributed by atoms with Crippen LogP contribution in [-0.2, 0) is 20.7 Å². The van der Waals surface area contributed by atoms with Gasteiger partial charge < -0.3 is 19.9 Å². The van der Waals surface area contributed by atoms with Crippen LogP contribution in [0.2, 0.25) is 0 Å². The second kappa shape index (κ2) is 9.03. The molecule has 1 aromatic rings. The molecule has 2 rings (SSSR count). The van der Waals surface area contributed by atoms with E-state index in [1.165, 1.54) is 0 Å². The first kappa shape index (κ1) is 20.2. The maximum atomic E-state index is 12.7. The molecule has 0 aliphatic carbocycles. The minimum Gasteiger partial charge on any atom is -0.496 e. The number of amides is 1. The van der Waals surface area contributed by atoms with Gasteiger partial charge in [0.05, 0.1) is 13.0 Å². The van der Waals surface area contributed by atoms with E-state index in [1.807, 2.05) is 38.1 Å². The molecule has 0 aromatic heterocycles. The summed E-state index contributed by atoms with van der Waals surface area (Å²) in [4.78, 5) is 24.3. The molecule has 0 radical (unpaired) electrons. The Morgan fingerprint density at radius 2 is 1.96 bits per heavy atom. The molecule has 6 heteroatoms. The number of carboxylic acid groups (broad SMARTS) is 1. The minimum atomic E-state index is -0.861. The predicted molar refractivity (Wildman–Crippen MR) is 98.2 cm³/mol. The number of benzene rings is 1. The largest absolute Gasteiger partial charge is 0.496 e. The topological polar surface area (TPSA) is 84.9 Å². The van der Waals surface area contributed by atoms with Gasteiger partial charge in [0, 0.05) is 25.2 Å². The molecule has 1 aromatic carbocycles. The summed E-state index contributed by atoms with van der Waals surface area (Å²) in [7, 11) is 1.61. The second-order valence-corrected chi connectivity index (χ2v) is 7.48. The molecule has 26 heavy (non-hydrogen) atoms. The van der Waals surface area contributed by atoms with E-state index in [1.54, 1.807) is 7.11 Å². The summed E-state index contributed by atoms with van der Waals surface area (Å²) in [5, 5.41) is 12.4. The number of para-hydroxylation sites is 1. The Labute approximate surface area is 154 Å². The lowest BCUT2D eigenvalue weighted by Gasteiger charge is -2.29. The van der Waals surface area contributed by atoms with Crippen molar-refractivity contribution in [1.82, 2.24) is 5.32 Å². The van der Waals surface area contributed by atoms with Crippen molar-refractivity contribution >= 4 is 11.9 Å². The number of hydrogen-bond acceptors (Lipinski definition) is 4. The van der Waals surface area contributed by atoms with Crippen LogP contribution < -0.4 is 10.1 Å². The van der Waals surface area contributed by atoms with E-state index >= 15 is 0 Å². The zero-order valence-corrected chi connectivity index (χ0v) is 15.8. The average Bonchev–Trinajstić information content (AvgIpc) is 2.62. The molecule has 0 spiro atoms. The Morgan fingerprint density at radius 3 is 2.58 bits per heavy atom. The molecule has 0 bridgehead atoms. The Morgan fingerprint density at radius 1 is 1.31 bits per heavy atom. The number of carboxylic acids is 1. The highest BCUT2D eigenvalue weighted by atomic mass is 16.5. The Hall–Kier alpha value is -2.08. The maximum absolute atomic E-state index is 12.7. The van der Waals surface area contributed by atoms with Gasteiger partial charge in [-0.05, 0) is 36.8 Å². The summed E-state index contributed by atoms with van der Waals surface area (Å²) >= 11 is 0. The van der Waals surface area contributed by atoms with Crippen molar-refractivity contribution in [3.63, 3.8) is 0 Å². The number of methoxy groups -OCH3 is 1. The van der Waals surface area contributed by atoms with Gasteiger partial charge >= 0.3 is 5.97 Å². The summed E-state index contributed by atoms with van der Waals surface area (Å²) < 4.78 is 10.7. The molecule has 0 saturated carbocycles. The molecule has 2 N–H and O–H groups in total. The average molecular weight is 363 g/mol. The Bertz CT molecular complexity index is 622. The first-order chi connectivity index (χ1) is 12.3. The monoisotopic (exact) mass is 363 g/mol. The fraction of sp³-hybridized carbons (Fsp3) is 0.600. The lowest BCUT2D eigenvalue weighted by Crippen LogP contribution is -2.44. The smallest absolute Gasteiger partial charge is 0.308 e. The van der Waals surface area contributed by atoms with Crippen molar-refractivity contribution in [2.24, 2.45) is 17.3 Å². The van der Waals surface area contributed by atoms with Crippen molar-refractivity contribution in [3.8, 4) is 5.75 Å². The summed E-state index contributed by atoms with van der Waals surface area (Å²) in [6.45, 7) is 5.04. The van der Waals surface area contributed by atoms with E-state index in [-0.39, 0.29) is 18.4 Å². The fourth-order valence-electron chi connectivity index (χ4n) is 3.42. The number of ether oxygens (including phenoxy) is 2. The second-order valence-electron chi connectivity index (χ2n) is 7.48. The summed E-state index contributed by atoms with van der Waals surface area (Å²) in [5.41, 5.74) is 0.280. The van der Waals surface area contributed by atoms with Crippen LogP contribution in [0.3, 0.4) is 0 Å². The summed E-state index contributed by atoms with van der Waals surface area (Å²) in [6.07, 6.45) is 1.95. The van der Waals surface area contributed by atoms with Crippen LogP contribution in [0.4, 0.5) is 0 Å². The number of carbonyl (C=O) groups excluding carboxylic acids is 1. The van der Waals surface area contributed by atoms with Gasteiger partial charge in [-0.3, -0.25) is 9.59 Å². The van der Waals surface area contributed by atoms with Crippen molar-refractivity contribution in [2.45, 2.75) is 33.1 Å². The van der Waals surface area contributed by atoms with Crippen LogP contribution in [0.15, 0.2) is 24.3 Å². The fourth-order valence-corrected chi connectivity index (χ4v) is 3.42. The quantitative estimate of drug-likeness (QED) is 0.741. The zero-order chi connectivity index (χ0) is 19.2. The van der Waals surface area contributed by atoms with Crippen LogP contribution in [-0.4, -0.2) is 43.9 Å². The van der Waals surface area contributed by atoms with Gasteiger partial charge in [0.1, 0.15) is 5.75 Å². The van der Waals surface area contributed by atoms with Gasteiger partial charge in [0.2, 0.25) is 5.91 Å². The molecule has 1 atom stereocenters. The number of rotatable bonds is 8. The third kappa shape index (κ3) is 5.21. The van der Waals surface area contributed by atoms with Crippen molar-refractivity contribution < 1.29 is 24.2 Å². The molecule has 6 nitrogen and oxygen atoms in total. The lowest BCUT2D eigenvalue weighted by atomic mass is 9.83. The predicted octanol–water partition coefficient (Wildman–Crippen LogP) is 2.51. The maximum Gasteiger partial charge on any atom is 0.308 e. The highest BCUT2D eigenvalue weighted by molar-refractivity contribution is 5.83. The van der Waals surface area contributed by atoms with E-state index < -0.39 is 17.3 Å². The van der Waals surface area contributed by atoms with E-state index in [0.717, 1.165) is 24.2 Å². The van der Waals surface area contributed by atoms with Gasteiger partial charge in [0.25, 0.3) is 0 Å². The molecular weight excluding hydrogens is 334 g/mol. The molecule has 1 saturated heterocycles. The standard InChI is InChI=1S/C20H29NO5/c1-20(2,12-15-6-4-5-7-17(15)25-3)19(24)21-13-16(18(22)23)14-8-10-26-11-9-14/h4-7,14,16H,8-13H2,1-3H3,(H,21,24)(H,22,23). The van der Waals surface area contributed by atoms with E-state index in [4.69, 9.17) is 9.47 Å². The third-order valence-corrected chi connectivity index (χ3v) is 5.07. The molecule has 1 aliphatic heterocycles. The van der Waals surface area contributed by atoms with Crippen LogP contribution >= 0.6 is 0 Å². The Balaban J connectivity index is 1.98. The van der Waals surface area contributed by atoms with Gasteiger partial charge in [-0.25, -0.2) is 0 Å². The summed E-state index contributed by atoms with van der Waals surface area (Å²) in [5.74, 6) is -0.802. The lowest BCUT2D eigenvalue weighted by molar-refractivity contribution is -0.145. The highest BCUT2D eigenvalue weighted by Crippen LogP contribution is 2.29. The first-order valence-electron chi connectivity index (χ1n) is 9.06. The van der Waals surface area contributed by atoms with Crippen molar-refractivity contribution in [3.05, 3.63) is 29.8 Å². The number of hydrogen-bond donors (Lipinski definition) is 2. The van der Waals surface area contributed by atoms with E-state index in [0.29, 0.717) is 19.6 Å². The van der Waals surface area contributed by atoms with E-state index in [2.05, 4.69) is 5.32 Å². The number of aliphatic carboxylic acids is 1. The molecular formula is C20H29NO5. The van der Waals surface area contributed by atoms with Gasteiger partial charge in [0.15, 0.2) is 0 Å². The van der Waals surface area contributed by atoms with Gasteiger partial charge in [-0.15, -0.1) is 0 Å². The van der Waals surface area contributed by atoms with Crippen molar-refractivity contribution in [2.75, 3.05) is 26.9 Å². The van der Waals surface area contributed by atoms with Crippen LogP contribution in [0.25, 0.3) is 0 Å². The first-order valence-corrected chi connectivity index (χ1v) is 9.06. The molecule has 1 unspecified atom stereocenters. The number of carbonyl (C=O) groups is 2. The zero-order valence-electron chi connectivity index (χ0n) is 15.8. The SMILES string of the molecule is COc1ccccc1CC(C)(C)C(=O)NCC(C(=O)O)C1CCOCC1. The Kier molecular flexibility index (Phi) is 7.03. The van der Waals surface area contributed by atoms with Crippen LogP contribution in [0.1, 0.15) is 32.3 Å². The highest BCUT2D eigenvalue weighted by Gasteiger charge is 2.33. The third-order valence-electron chi connectivity index (χ3n) is 5.07. The molecule has 144 valence electrons.